The van der Waals surface area contributed by atoms with Crippen LogP contribution in [-0.2, 0) is 18.3 Å². The van der Waals surface area contributed by atoms with Crippen LogP contribution in [0.25, 0.3) is 10.6 Å². The van der Waals surface area contributed by atoms with Gasteiger partial charge in [0.2, 0.25) is 5.91 Å². The predicted octanol–water partition coefficient (Wildman–Crippen LogP) is 1.68. The molecule has 10 heteroatoms. The normalized spacial score (nSPS) is 14.4. The van der Waals surface area contributed by atoms with Crippen LogP contribution in [0.5, 0.6) is 0 Å². The van der Waals surface area contributed by atoms with E-state index in [1.807, 2.05) is 27.1 Å². The molecular weight excluding hydrogens is 392 g/mol. The van der Waals surface area contributed by atoms with Gasteiger partial charge in [0.1, 0.15) is 16.5 Å². The van der Waals surface area contributed by atoms with E-state index in [9.17, 15) is 9.59 Å². The Morgan fingerprint density at radius 1 is 1.17 bits per heavy atom. The van der Waals surface area contributed by atoms with Crippen LogP contribution in [0.2, 0.25) is 0 Å². The Labute approximate surface area is 171 Å². The molecule has 0 aliphatic carbocycles. The molecule has 1 fully saturated rings. The van der Waals surface area contributed by atoms with Crippen molar-refractivity contribution in [3.63, 3.8) is 0 Å². The highest BCUT2D eigenvalue weighted by atomic mass is 32.1. The summed E-state index contributed by atoms with van der Waals surface area (Å²) in [6.07, 6.45) is 3.88. The van der Waals surface area contributed by atoms with Crippen molar-refractivity contribution in [2.75, 3.05) is 26.2 Å². The second-order valence-electron chi connectivity index (χ2n) is 7.09. The van der Waals surface area contributed by atoms with Crippen LogP contribution in [0.1, 0.15) is 27.5 Å². The molecule has 0 atom stereocenters. The minimum absolute atomic E-state index is 0.0269. The van der Waals surface area contributed by atoms with Crippen molar-refractivity contribution in [1.82, 2.24) is 29.7 Å². The standard InChI is InChI=1S/C19H22N6O3S/c1-12-15(13(2)28-22-12)8-17(26)24-4-6-25(7-5-24)19(27)16-11-29-18(21-16)14-9-20-23(3)10-14/h9-11H,4-8H2,1-3H3. The van der Waals surface area contributed by atoms with Gasteiger partial charge in [-0.2, -0.15) is 5.10 Å². The number of carbonyl (C=O) groups excluding carboxylic acids is 2. The number of piperazine rings is 1. The third-order valence-electron chi connectivity index (χ3n) is 5.10. The average Bonchev–Trinajstić information content (AvgIpc) is 3.44. The van der Waals surface area contributed by atoms with E-state index >= 15 is 0 Å². The molecule has 152 valence electrons. The van der Waals surface area contributed by atoms with Crippen molar-refractivity contribution in [3.05, 3.63) is 40.5 Å². The first kappa shape index (κ1) is 19.3. The minimum Gasteiger partial charge on any atom is -0.361 e. The number of aryl methyl sites for hydroxylation is 3. The Hall–Kier alpha value is -3.01. The first-order valence-electron chi connectivity index (χ1n) is 9.35. The number of hydrogen-bond acceptors (Lipinski definition) is 7. The summed E-state index contributed by atoms with van der Waals surface area (Å²) in [4.78, 5) is 33.4. The second-order valence-corrected chi connectivity index (χ2v) is 7.95. The zero-order valence-corrected chi connectivity index (χ0v) is 17.4. The van der Waals surface area contributed by atoms with Gasteiger partial charge in [0.25, 0.3) is 5.91 Å². The maximum Gasteiger partial charge on any atom is 0.273 e. The maximum absolute atomic E-state index is 12.8. The molecule has 3 aromatic heterocycles. The lowest BCUT2D eigenvalue weighted by atomic mass is 10.1. The van der Waals surface area contributed by atoms with Gasteiger partial charge in [0, 0.05) is 55.9 Å². The molecule has 0 radical (unpaired) electrons. The zero-order valence-electron chi connectivity index (χ0n) is 16.6. The summed E-state index contributed by atoms with van der Waals surface area (Å²) in [7, 11) is 1.84. The Morgan fingerprint density at radius 3 is 2.52 bits per heavy atom. The largest absolute Gasteiger partial charge is 0.361 e. The van der Waals surface area contributed by atoms with E-state index in [4.69, 9.17) is 4.52 Å². The van der Waals surface area contributed by atoms with E-state index in [1.165, 1.54) is 11.3 Å². The molecule has 1 aliphatic heterocycles. The molecule has 0 spiro atoms. The summed E-state index contributed by atoms with van der Waals surface area (Å²) < 4.78 is 6.84. The Bertz CT molecular complexity index is 1020. The van der Waals surface area contributed by atoms with Crippen LogP contribution >= 0.6 is 11.3 Å². The van der Waals surface area contributed by atoms with Gasteiger partial charge in [-0.1, -0.05) is 5.16 Å². The first-order valence-corrected chi connectivity index (χ1v) is 10.2. The van der Waals surface area contributed by atoms with Crippen LogP contribution in [0.3, 0.4) is 0 Å². The predicted molar refractivity (Wildman–Crippen MR) is 106 cm³/mol. The number of thiazole rings is 1. The summed E-state index contributed by atoms with van der Waals surface area (Å²) in [6, 6.07) is 0. The molecule has 2 amide bonds. The van der Waals surface area contributed by atoms with Gasteiger partial charge in [0.05, 0.1) is 18.3 Å². The Balaban J connectivity index is 1.35. The van der Waals surface area contributed by atoms with Gasteiger partial charge in [-0.15, -0.1) is 11.3 Å². The number of aromatic nitrogens is 4. The van der Waals surface area contributed by atoms with Crippen LogP contribution in [-0.4, -0.2) is 67.7 Å². The van der Waals surface area contributed by atoms with Gasteiger partial charge in [0.15, 0.2) is 0 Å². The molecule has 0 saturated carbocycles. The smallest absolute Gasteiger partial charge is 0.273 e. The van der Waals surface area contributed by atoms with Crippen LogP contribution < -0.4 is 0 Å². The van der Waals surface area contributed by atoms with E-state index in [0.717, 1.165) is 21.8 Å². The third-order valence-corrected chi connectivity index (χ3v) is 6.00. The highest BCUT2D eigenvalue weighted by Gasteiger charge is 2.27. The fourth-order valence-corrected chi connectivity index (χ4v) is 4.14. The fourth-order valence-electron chi connectivity index (χ4n) is 3.37. The minimum atomic E-state index is -0.103. The zero-order chi connectivity index (χ0) is 20.5. The summed E-state index contributed by atoms with van der Waals surface area (Å²) in [6.45, 7) is 5.65. The second kappa shape index (κ2) is 7.78. The molecule has 9 nitrogen and oxygen atoms in total. The van der Waals surface area contributed by atoms with Crippen LogP contribution in [0.4, 0.5) is 0 Å². The highest BCUT2D eigenvalue weighted by Crippen LogP contribution is 2.24. The lowest BCUT2D eigenvalue weighted by molar-refractivity contribution is -0.131. The SMILES string of the molecule is Cc1noc(C)c1CC(=O)N1CCN(C(=O)c2csc(-c3cnn(C)c3)n2)CC1. The van der Waals surface area contributed by atoms with Crippen molar-refractivity contribution in [3.8, 4) is 10.6 Å². The fraction of sp³-hybridized carbons (Fsp3) is 0.421. The van der Waals surface area contributed by atoms with E-state index in [2.05, 4.69) is 15.2 Å². The number of rotatable bonds is 4. The third kappa shape index (κ3) is 3.93. The van der Waals surface area contributed by atoms with Gasteiger partial charge < -0.3 is 14.3 Å². The molecule has 4 heterocycles. The lowest BCUT2D eigenvalue weighted by Crippen LogP contribution is -2.51. The Morgan fingerprint density at radius 2 is 1.90 bits per heavy atom. The van der Waals surface area contributed by atoms with Crippen molar-refractivity contribution < 1.29 is 14.1 Å². The molecule has 4 rings (SSSR count). The maximum atomic E-state index is 12.8. The molecule has 0 N–H and O–H groups in total. The van der Waals surface area contributed by atoms with E-state index in [-0.39, 0.29) is 18.2 Å². The summed E-state index contributed by atoms with van der Waals surface area (Å²) >= 11 is 1.43. The summed E-state index contributed by atoms with van der Waals surface area (Å²) in [5.74, 6) is 0.603. The molecule has 29 heavy (non-hydrogen) atoms. The van der Waals surface area contributed by atoms with Crippen molar-refractivity contribution in [1.29, 1.82) is 0 Å². The topological polar surface area (TPSA) is 97.4 Å². The van der Waals surface area contributed by atoms with Gasteiger partial charge in [-0.05, 0) is 13.8 Å². The van der Waals surface area contributed by atoms with Crippen LogP contribution in [0.15, 0.2) is 22.3 Å². The number of carbonyl (C=O) groups is 2. The van der Waals surface area contributed by atoms with Crippen molar-refractivity contribution in [2.24, 2.45) is 7.05 Å². The van der Waals surface area contributed by atoms with Crippen LogP contribution in [0, 0.1) is 13.8 Å². The van der Waals surface area contributed by atoms with Crippen molar-refractivity contribution in [2.45, 2.75) is 20.3 Å². The molecule has 0 unspecified atom stereocenters. The molecular formula is C19H22N6O3S. The Kier molecular flexibility index (Phi) is 5.18. The number of nitrogens with zero attached hydrogens (tertiary/aromatic N) is 6. The molecule has 0 bridgehead atoms. The quantitative estimate of drug-likeness (QED) is 0.644. The first-order chi connectivity index (χ1) is 13.9. The number of hydrogen-bond donors (Lipinski definition) is 0. The molecule has 3 aromatic rings. The molecule has 1 saturated heterocycles. The van der Waals surface area contributed by atoms with E-state index < -0.39 is 0 Å². The van der Waals surface area contributed by atoms with E-state index in [0.29, 0.717) is 37.6 Å². The average molecular weight is 414 g/mol. The molecule has 1 aliphatic rings. The van der Waals surface area contributed by atoms with Gasteiger partial charge in [-0.3, -0.25) is 14.3 Å². The number of amides is 2. The summed E-state index contributed by atoms with van der Waals surface area (Å²) in [5.41, 5.74) is 2.92. The van der Waals surface area contributed by atoms with Crippen molar-refractivity contribution >= 4 is 23.2 Å². The molecule has 0 aromatic carbocycles. The highest BCUT2D eigenvalue weighted by molar-refractivity contribution is 7.13. The van der Waals surface area contributed by atoms with E-state index in [1.54, 1.807) is 26.1 Å². The van der Waals surface area contributed by atoms with Gasteiger partial charge >= 0.3 is 0 Å². The lowest BCUT2D eigenvalue weighted by Gasteiger charge is -2.34. The van der Waals surface area contributed by atoms with Gasteiger partial charge in [-0.25, -0.2) is 4.98 Å². The summed E-state index contributed by atoms with van der Waals surface area (Å²) in [5, 5.41) is 10.6. The monoisotopic (exact) mass is 414 g/mol.